The zero-order valence-corrected chi connectivity index (χ0v) is 9.14. The normalized spacial score (nSPS) is 19.1. The van der Waals surface area contributed by atoms with E-state index in [1.165, 1.54) is 5.56 Å². The van der Waals surface area contributed by atoms with Crippen LogP contribution in [0.3, 0.4) is 0 Å². The van der Waals surface area contributed by atoms with Crippen LogP contribution in [0.4, 0.5) is 0 Å². The third-order valence-corrected chi connectivity index (χ3v) is 3.46. The third kappa shape index (κ3) is 1.94. The van der Waals surface area contributed by atoms with Gasteiger partial charge in [-0.1, -0.05) is 23.7 Å². The molecule has 1 N–H and O–H groups in total. The summed E-state index contributed by atoms with van der Waals surface area (Å²) in [6.07, 6.45) is 3.80. The summed E-state index contributed by atoms with van der Waals surface area (Å²) in [5.41, 5.74) is 1.85. The largest absolute Gasteiger partial charge is 0.390 e. The fourth-order valence-electron chi connectivity index (χ4n) is 1.96. The molecule has 0 unspecified atom stereocenters. The van der Waals surface area contributed by atoms with E-state index < -0.39 is 5.60 Å². The van der Waals surface area contributed by atoms with Crippen molar-refractivity contribution in [3.63, 3.8) is 0 Å². The highest BCUT2D eigenvalue weighted by Crippen LogP contribution is 2.35. The minimum atomic E-state index is -0.430. The van der Waals surface area contributed by atoms with E-state index in [2.05, 4.69) is 6.07 Å². The fourth-order valence-corrected chi connectivity index (χ4v) is 2.08. The molecule has 14 heavy (non-hydrogen) atoms. The molecule has 1 aliphatic rings. The van der Waals surface area contributed by atoms with E-state index in [1.54, 1.807) is 0 Å². The van der Waals surface area contributed by atoms with Gasteiger partial charge in [0, 0.05) is 11.4 Å². The molecule has 0 heterocycles. The summed E-state index contributed by atoms with van der Waals surface area (Å²) in [5.74, 6) is 0. The number of halogens is 1. The van der Waals surface area contributed by atoms with Crippen LogP contribution in [0.2, 0.25) is 5.02 Å². The van der Waals surface area contributed by atoms with Gasteiger partial charge in [0.15, 0.2) is 0 Å². The molecule has 1 aromatic rings. The Labute approximate surface area is 89.7 Å². The summed E-state index contributed by atoms with van der Waals surface area (Å²) in [6.45, 7) is 2.00. The topological polar surface area (TPSA) is 20.2 Å². The van der Waals surface area contributed by atoms with E-state index in [1.807, 2.05) is 19.1 Å². The molecule has 1 aliphatic carbocycles. The molecule has 0 radical (unpaired) electrons. The molecule has 0 amide bonds. The lowest BCUT2D eigenvalue weighted by Gasteiger charge is -2.36. The van der Waals surface area contributed by atoms with Gasteiger partial charge in [0.25, 0.3) is 0 Å². The Bertz CT molecular complexity index is 342. The summed E-state index contributed by atoms with van der Waals surface area (Å²) in [4.78, 5) is 0. The van der Waals surface area contributed by atoms with Crippen LogP contribution < -0.4 is 0 Å². The lowest BCUT2D eigenvalue weighted by molar-refractivity contribution is -0.0322. The molecule has 0 saturated heterocycles. The van der Waals surface area contributed by atoms with Gasteiger partial charge in [-0.2, -0.15) is 0 Å². The average Bonchev–Trinajstić information content (AvgIpc) is 2.09. The van der Waals surface area contributed by atoms with E-state index in [-0.39, 0.29) is 0 Å². The number of benzene rings is 1. The van der Waals surface area contributed by atoms with Gasteiger partial charge in [0.05, 0.1) is 5.60 Å². The highest BCUT2D eigenvalue weighted by Gasteiger charge is 2.34. The lowest BCUT2D eigenvalue weighted by Crippen LogP contribution is -2.38. The maximum atomic E-state index is 9.99. The molecule has 2 heteroatoms. The van der Waals surface area contributed by atoms with Crippen molar-refractivity contribution in [1.29, 1.82) is 0 Å². The second kappa shape index (κ2) is 3.56. The summed E-state index contributed by atoms with van der Waals surface area (Å²) in [6, 6.07) is 5.98. The number of hydrogen-bond donors (Lipinski definition) is 1. The summed E-state index contributed by atoms with van der Waals surface area (Å²) < 4.78 is 0. The first-order valence-electron chi connectivity index (χ1n) is 5.06. The monoisotopic (exact) mass is 210 g/mol. The highest BCUT2D eigenvalue weighted by molar-refractivity contribution is 6.31. The van der Waals surface area contributed by atoms with Gasteiger partial charge in [-0.05, 0) is 43.4 Å². The molecule has 1 saturated carbocycles. The van der Waals surface area contributed by atoms with Gasteiger partial charge >= 0.3 is 0 Å². The number of rotatable bonds is 2. The predicted molar refractivity (Wildman–Crippen MR) is 58.7 cm³/mol. The smallest absolute Gasteiger partial charge is 0.0688 e. The van der Waals surface area contributed by atoms with E-state index in [0.29, 0.717) is 0 Å². The minimum absolute atomic E-state index is 0.430. The van der Waals surface area contributed by atoms with Crippen molar-refractivity contribution in [3.05, 3.63) is 34.3 Å². The van der Waals surface area contributed by atoms with Crippen LogP contribution in [-0.2, 0) is 6.42 Å². The van der Waals surface area contributed by atoms with E-state index in [4.69, 9.17) is 11.6 Å². The zero-order chi connectivity index (χ0) is 10.2. The number of aryl methyl sites for hydroxylation is 1. The Morgan fingerprint density at radius 3 is 2.64 bits per heavy atom. The van der Waals surface area contributed by atoms with Crippen molar-refractivity contribution in [2.45, 2.75) is 38.2 Å². The fraction of sp³-hybridized carbons (Fsp3) is 0.500. The van der Waals surface area contributed by atoms with Crippen LogP contribution in [-0.4, -0.2) is 10.7 Å². The molecule has 0 aliphatic heterocycles. The van der Waals surface area contributed by atoms with Crippen molar-refractivity contribution in [2.75, 3.05) is 0 Å². The van der Waals surface area contributed by atoms with Crippen molar-refractivity contribution >= 4 is 11.6 Å². The van der Waals surface area contributed by atoms with Crippen molar-refractivity contribution in [3.8, 4) is 0 Å². The Morgan fingerprint density at radius 1 is 1.43 bits per heavy atom. The van der Waals surface area contributed by atoms with Crippen LogP contribution in [0.25, 0.3) is 0 Å². The quantitative estimate of drug-likeness (QED) is 0.796. The Morgan fingerprint density at radius 2 is 2.14 bits per heavy atom. The van der Waals surface area contributed by atoms with Gasteiger partial charge < -0.3 is 5.11 Å². The van der Waals surface area contributed by atoms with Crippen molar-refractivity contribution in [1.82, 2.24) is 0 Å². The van der Waals surface area contributed by atoms with Gasteiger partial charge in [-0.3, -0.25) is 0 Å². The number of hydrogen-bond acceptors (Lipinski definition) is 1. The maximum Gasteiger partial charge on any atom is 0.0688 e. The lowest BCUT2D eigenvalue weighted by atomic mass is 9.76. The average molecular weight is 211 g/mol. The standard InChI is InChI=1S/C12H15ClO/c1-9-7-10(3-4-11(9)13)8-12(14)5-2-6-12/h3-4,7,14H,2,5-6,8H2,1H3. The molecule has 0 atom stereocenters. The number of aliphatic hydroxyl groups is 1. The summed E-state index contributed by atoms with van der Waals surface area (Å²) in [5, 5.41) is 10.8. The zero-order valence-electron chi connectivity index (χ0n) is 8.39. The van der Waals surface area contributed by atoms with Crippen LogP contribution in [0, 0.1) is 6.92 Å². The molecule has 0 spiro atoms. The molecule has 76 valence electrons. The first-order chi connectivity index (χ1) is 6.59. The molecular formula is C12H15ClO. The van der Waals surface area contributed by atoms with Crippen LogP contribution in [0.5, 0.6) is 0 Å². The molecule has 0 bridgehead atoms. The summed E-state index contributed by atoms with van der Waals surface area (Å²) in [7, 11) is 0. The Balaban J connectivity index is 2.13. The SMILES string of the molecule is Cc1cc(CC2(O)CCC2)ccc1Cl. The highest BCUT2D eigenvalue weighted by atomic mass is 35.5. The second-order valence-electron chi connectivity index (χ2n) is 4.34. The second-order valence-corrected chi connectivity index (χ2v) is 4.75. The van der Waals surface area contributed by atoms with Gasteiger partial charge in [-0.25, -0.2) is 0 Å². The maximum absolute atomic E-state index is 9.99. The van der Waals surface area contributed by atoms with Gasteiger partial charge in [0.2, 0.25) is 0 Å². The van der Waals surface area contributed by atoms with Crippen LogP contribution in [0.1, 0.15) is 30.4 Å². The first kappa shape index (κ1) is 10.0. The molecule has 2 rings (SSSR count). The Hall–Kier alpha value is -0.530. The summed E-state index contributed by atoms with van der Waals surface area (Å²) >= 11 is 5.94. The van der Waals surface area contributed by atoms with Crippen LogP contribution in [0.15, 0.2) is 18.2 Å². The Kier molecular flexibility index (Phi) is 2.54. The van der Waals surface area contributed by atoms with Crippen molar-refractivity contribution < 1.29 is 5.11 Å². The van der Waals surface area contributed by atoms with Crippen LogP contribution >= 0.6 is 11.6 Å². The minimum Gasteiger partial charge on any atom is -0.390 e. The third-order valence-electron chi connectivity index (χ3n) is 3.04. The molecule has 1 nitrogen and oxygen atoms in total. The van der Waals surface area contributed by atoms with E-state index >= 15 is 0 Å². The molecular weight excluding hydrogens is 196 g/mol. The van der Waals surface area contributed by atoms with E-state index in [9.17, 15) is 5.11 Å². The molecule has 0 aromatic heterocycles. The van der Waals surface area contributed by atoms with Crippen molar-refractivity contribution in [2.24, 2.45) is 0 Å². The molecule has 1 fully saturated rings. The van der Waals surface area contributed by atoms with Gasteiger partial charge in [-0.15, -0.1) is 0 Å². The molecule has 1 aromatic carbocycles. The predicted octanol–water partition coefficient (Wildman–Crippen LogP) is 3.11. The van der Waals surface area contributed by atoms with Gasteiger partial charge in [0.1, 0.15) is 0 Å². The first-order valence-corrected chi connectivity index (χ1v) is 5.44. The van der Waals surface area contributed by atoms with E-state index in [0.717, 1.165) is 36.3 Å².